The second-order valence-electron chi connectivity index (χ2n) is 3.75. The van der Waals surface area contributed by atoms with Crippen LogP contribution in [0.3, 0.4) is 0 Å². The summed E-state index contributed by atoms with van der Waals surface area (Å²) in [5, 5.41) is 3.88. The number of hydrogen-bond donors (Lipinski definition) is 1. The maximum Gasteiger partial charge on any atom is 0.141 e. The summed E-state index contributed by atoms with van der Waals surface area (Å²) >= 11 is 6.04. The molecular formula is C13H12ClFN2. The third-order valence-corrected chi connectivity index (χ3v) is 2.77. The van der Waals surface area contributed by atoms with Crippen LogP contribution in [0.2, 0.25) is 5.02 Å². The maximum absolute atomic E-state index is 12.7. The van der Waals surface area contributed by atoms with E-state index in [2.05, 4.69) is 10.3 Å². The van der Waals surface area contributed by atoms with Gasteiger partial charge >= 0.3 is 0 Å². The van der Waals surface area contributed by atoms with Crippen molar-refractivity contribution in [1.82, 2.24) is 4.98 Å². The van der Waals surface area contributed by atoms with Crippen molar-refractivity contribution in [2.24, 2.45) is 0 Å². The Morgan fingerprint density at radius 3 is 2.65 bits per heavy atom. The fraction of sp³-hybridized carbons (Fsp3) is 0.154. The second kappa shape index (κ2) is 5.15. The average molecular weight is 251 g/mol. The fourth-order valence-corrected chi connectivity index (χ4v) is 1.72. The van der Waals surface area contributed by atoms with Crippen LogP contribution in [0.5, 0.6) is 0 Å². The lowest BCUT2D eigenvalue weighted by Crippen LogP contribution is -2.08. The van der Waals surface area contributed by atoms with Gasteiger partial charge in [-0.1, -0.05) is 23.7 Å². The molecule has 1 unspecified atom stereocenters. The van der Waals surface area contributed by atoms with E-state index in [1.54, 1.807) is 6.07 Å². The lowest BCUT2D eigenvalue weighted by atomic mass is 10.2. The Bertz CT molecular complexity index is 499. The number of pyridine rings is 1. The molecule has 1 atom stereocenters. The normalized spacial score (nSPS) is 12.2. The molecule has 4 heteroatoms. The number of nitrogens with one attached hydrogen (secondary N) is 1. The molecule has 0 saturated heterocycles. The van der Waals surface area contributed by atoms with Gasteiger partial charge in [0.25, 0.3) is 0 Å². The summed E-state index contributed by atoms with van der Waals surface area (Å²) in [6.07, 6.45) is 1.21. The van der Waals surface area contributed by atoms with Crippen LogP contribution in [0.4, 0.5) is 10.1 Å². The Balaban J connectivity index is 2.14. The quantitative estimate of drug-likeness (QED) is 0.889. The number of anilines is 1. The highest BCUT2D eigenvalue weighted by Crippen LogP contribution is 2.24. The highest BCUT2D eigenvalue weighted by atomic mass is 35.5. The molecule has 0 aliphatic rings. The molecule has 0 aliphatic heterocycles. The predicted molar refractivity (Wildman–Crippen MR) is 67.7 cm³/mol. The number of nitrogens with zero attached hydrogens (tertiary/aromatic N) is 1. The zero-order valence-corrected chi connectivity index (χ0v) is 10.1. The summed E-state index contributed by atoms with van der Waals surface area (Å²) < 4.78 is 12.7. The van der Waals surface area contributed by atoms with Crippen LogP contribution in [-0.2, 0) is 0 Å². The van der Waals surface area contributed by atoms with Gasteiger partial charge in [-0.25, -0.2) is 4.39 Å². The van der Waals surface area contributed by atoms with Gasteiger partial charge in [0.15, 0.2) is 0 Å². The average Bonchev–Trinajstić information content (AvgIpc) is 2.33. The summed E-state index contributed by atoms with van der Waals surface area (Å²) in [5.74, 6) is -0.335. The first-order valence-electron chi connectivity index (χ1n) is 5.29. The van der Waals surface area contributed by atoms with Crippen molar-refractivity contribution in [2.45, 2.75) is 13.0 Å². The van der Waals surface area contributed by atoms with Gasteiger partial charge in [0.2, 0.25) is 0 Å². The minimum atomic E-state index is -0.335. The third kappa shape index (κ3) is 2.94. The molecule has 2 rings (SSSR count). The Kier molecular flexibility index (Phi) is 3.59. The van der Waals surface area contributed by atoms with Crippen molar-refractivity contribution in [2.75, 3.05) is 5.32 Å². The summed E-state index contributed by atoms with van der Waals surface area (Å²) in [6, 6.07) is 10.5. The van der Waals surface area contributed by atoms with E-state index in [9.17, 15) is 4.39 Å². The minimum absolute atomic E-state index is 0.0319. The van der Waals surface area contributed by atoms with Gasteiger partial charge < -0.3 is 5.32 Å². The van der Waals surface area contributed by atoms with E-state index in [1.807, 2.05) is 31.2 Å². The maximum atomic E-state index is 12.7. The Hall–Kier alpha value is -1.61. The number of para-hydroxylation sites is 1. The van der Waals surface area contributed by atoms with Gasteiger partial charge in [0.05, 0.1) is 28.6 Å². The molecule has 1 aromatic carbocycles. The summed E-state index contributed by atoms with van der Waals surface area (Å²) in [7, 11) is 0. The Labute approximate surface area is 104 Å². The van der Waals surface area contributed by atoms with E-state index >= 15 is 0 Å². The lowest BCUT2D eigenvalue weighted by molar-refractivity contribution is 0.617. The van der Waals surface area contributed by atoms with Crippen molar-refractivity contribution in [3.63, 3.8) is 0 Å². The molecule has 2 nitrogen and oxygen atoms in total. The number of halogens is 2. The molecule has 0 spiro atoms. The van der Waals surface area contributed by atoms with Crippen molar-refractivity contribution < 1.29 is 4.39 Å². The molecule has 1 heterocycles. The van der Waals surface area contributed by atoms with Crippen LogP contribution in [0.1, 0.15) is 18.7 Å². The smallest absolute Gasteiger partial charge is 0.141 e. The highest BCUT2D eigenvalue weighted by molar-refractivity contribution is 6.33. The lowest BCUT2D eigenvalue weighted by Gasteiger charge is -2.15. The van der Waals surface area contributed by atoms with Crippen LogP contribution in [0, 0.1) is 5.82 Å². The molecule has 0 saturated carbocycles. The van der Waals surface area contributed by atoms with Gasteiger partial charge in [0.1, 0.15) is 5.82 Å². The molecule has 88 valence electrons. The van der Waals surface area contributed by atoms with Crippen LogP contribution < -0.4 is 5.32 Å². The summed E-state index contributed by atoms with van der Waals surface area (Å²) in [5.41, 5.74) is 1.61. The van der Waals surface area contributed by atoms with E-state index in [-0.39, 0.29) is 11.9 Å². The van der Waals surface area contributed by atoms with Crippen LogP contribution in [0.25, 0.3) is 0 Å². The van der Waals surface area contributed by atoms with E-state index in [4.69, 9.17) is 11.6 Å². The van der Waals surface area contributed by atoms with E-state index in [0.29, 0.717) is 5.02 Å². The van der Waals surface area contributed by atoms with Crippen molar-refractivity contribution in [3.8, 4) is 0 Å². The molecule has 1 N–H and O–H groups in total. The summed E-state index contributed by atoms with van der Waals surface area (Å²) in [4.78, 5) is 4.02. The van der Waals surface area contributed by atoms with Crippen molar-refractivity contribution >= 4 is 17.3 Å². The van der Waals surface area contributed by atoms with Crippen LogP contribution in [0.15, 0.2) is 42.6 Å². The minimum Gasteiger partial charge on any atom is -0.376 e. The number of rotatable bonds is 3. The van der Waals surface area contributed by atoms with Crippen LogP contribution >= 0.6 is 11.6 Å². The Morgan fingerprint density at radius 1 is 1.24 bits per heavy atom. The third-order valence-electron chi connectivity index (χ3n) is 2.44. The first-order chi connectivity index (χ1) is 8.16. The fourth-order valence-electron chi connectivity index (χ4n) is 1.53. The van der Waals surface area contributed by atoms with Gasteiger partial charge in [0, 0.05) is 0 Å². The molecule has 0 radical (unpaired) electrons. The SMILES string of the molecule is CC(Nc1ccccc1Cl)c1ccc(F)cn1. The Morgan fingerprint density at radius 2 is 2.00 bits per heavy atom. The molecule has 0 aliphatic carbocycles. The first kappa shape index (κ1) is 11.9. The molecule has 0 fully saturated rings. The zero-order chi connectivity index (χ0) is 12.3. The van der Waals surface area contributed by atoms with E-state index in [1.165, 1.54) is 12.3 Å². The summed E-state index contributed by atoms with van der Waals surface area (Å²) in [6.45, 7) is 1.95. The highest BCUT2D eigenvalue weighted by Gasteiger charge is 2.08. The largest absolute Gasteiger partial charge is 0.376 e. The molecule has 17 heavy (non-hydrogen) atoms. The zero-order valence-electron chi connectivity index (χ0n) is 9.32. The number of aromatic nitrogens is 1. The van der Waals surface area contributed by atoms with E-state index < -0.39 is 0 Å². The number of benzene rings is 1. The molecule has 0 amide bonds. The standard InChI is InChI=1S/C13H12ClFN2/c1-9(12-7-6-10(15)8-16-12)17-13-5-3-2-4-11(13)14/h2-9,17H,1H3. The molecule has 1 aromatic heterocycles. The van der Waals surface area contributed by atoms with Gasteiger partial charge in [-0.05, 0) is 31.2 Å². The first-order valence-corrected chi connectivity index (χ1v) is 5.67. The molecule has 2 aromatic rings. The van der Waals surface area contributed by atoms with Gasteiger partial charge in [-0.2, -0.15) is 0 Å². The van der Waals surface area contributed by atoms with Crippen LogP contribution in [-0.4, -0.2) is 4.98 Å². The number of hydrogen-bond acceptors (Lipinski definition) is 2. The van der Waals surface area contributed by atoms with Crippen molar-refractivity contribution in [1.29, 1.82) is 0 Å². The van der Waals surface area contributed by atoms with Gasteiger partial charge in [-0.3, -0.25) is 4.98 Å². The topological polar surface area (TPSA) is 24.9 Å². The van der Waals surface area contributed by atoms with Crippen molar-refractivity contribution in [3.05, 3.63) is 59.1 Å². The predicted octanol–water partition coefficient (Wildman–Crippen LogP) is 4.05. The molecular weight excluding hydrogens is 239 g/mol. The molecule has 0 bridgehead atoms. The van der Waals surface area contributed by atoms with Gasteiger partial charge in [-0.15, -0.1) is 0 Å². The van der Waals surface area contributed by atoms with E-state index in [0.717, 1.165) is 11.4 Å². The monoisotopic (exact) mass is 250 g/mol. The second-order valence-corrected chi connectivity index (χ2v) is 4.15.